The van der Waals surface area contributed by atoms with E-state index in [9.17, 15) is 0 Å². The van der Waals surface area contributed by atoms with Crippen LogP contribution in [0.15, 0.2) is 18.2 Å². The molecule has 0 amide bonds. The van der Waals surface area contributed by atoms with Gasteiger partial charge < -0.3 is 0 Å². The maximum Gasteiger partial charge on any atom is 0.0494 e. The number of rotatable bonds is 0. The van der Waals surface area contributed by atoms with Gasteiger partial charge in [0.2, 0.25) is 0 Å². The Kier molecular flexibility index (Phi) is 2.31. The Hall–Kier alpha value is 0.200. The van der Waals surface area contributed by atoms with Crippen LogP contribution in [-0.4, -0.2) is 0 Å². The van der Waals surface area contributed by atoms with Crippen LogP contribution in [0.4, 0.5) is 0 Å². The van der Waals surface area contributed by atoms with Gasteiger partial charge in [-0.2, -0.15) is 0 Å². The average Bonchev–Trinajstić information content (AvgIpc) is 2.41. The summed E-state index contributed by atoms with van der Waals surface area (Å²) in [5.74, 6) is 0. The largest absolute Gasteiger partial charge is 0.139 e. The molecule has 0 saturated carbocycles. The molecule has 0 saturated heterocycles. The second kappa shape index (κ2) is 3.16. The van der Waals surface area contributed by atoms with Crippen LogP contribution in [0.5, 0.6) is 0 Å². The SMILES string of the molecule is Cc1cc2c(Cl)ccc(I)c2s1. The molecule has 0 spiro atoms. The number of fused-ring (bicyclic) bond motifs is 1. The van der Waals surface area contributed by atoms with Crippen molar-refractivity contribution >= 4 is 55.6 Å². The molecule has 0 bridgehead atoms. The lowest BCUT2D eigenvalue weighted by atomic mass is 10.2. The van der Waals surface area contributed by atoms with Crippen LogP contribution in [0.2, 0.25) is 5.02 Å². The molecule has 0 unspecified atom stereocenters. The maximum absolute atomic E-state index is 6.05. The van der Waals surface area contributed by atoms with Crippen molar-refractivity contribution in [2.45, 2.75) is 6.92 Å². The zero-order valence-corrected chi connectivity index (χ0v) is 10.1. The molecule has 1 aromatic heterocycles. The van der Waals surface area contributed by atoms with Crippen LogP contribution in [0, 0.1) is 10.5 Å². The molecular formula is C9H6ClIS. The van der Waals surface area contributed by atoms with E-state index in [0.29, 0.717) is 0 Å². The van der Waals surface area contributed by atoms with Gasteiger partial charge >= 0.3 is 0 Å². The number of aryl methyl sites for hydroxylation is 1. The summed E-state index contributed by atoms with van der Waals surface area (Å²) in [6, 6.07) is 6.16. The third-order valence-electron chi connectivity index (χ3n) is 1.71. The first-order valence-corrected chi connectivity index (χ1v) is 5.80. The van der Waals surface area contributed by atoms with Crippen molar-refractivity contribution in [3.05, 3.63) is 31.7 Å². The Bertz CT molecular complexity index is 394. The van der Waals surface area contributed by atoms with E-state index in [4.69, 9.17) is 11.6 Å². The molecule has 0 radical (unpaired) electrons. The molecule has 2 aromatic rings. The van der Waals surface area contributed by atoms with Crippen molar-refractivity contribution in [1.29, 1.82) is 0 Å². The monoisotopic (exact) mass is 308 g/mol. The molecular weight excluding hydrogens is 303 g/mol. The summed E-state index contributed by atoms with van der Waals surface area (Å²) in [4.78, 5) is 1.32. The van der Waals surface area contributed by atoms with E-state index in [-0.39, 0.29) is 0 Å². The summed E-state index contributed by atoms with van der Waals surface area (Å²) in [6.45, 7) is 2.11. The Morgan fingerprint density at radius 2 is 2.17 bits per heavy atom. The Labute approximate surface area is 93.7 Å². The van der Waals surface area contributed by atoms with Gasteiger partial charge in [-0.1, -0.05) is 11.6 Å². The summed E-state index contributed by atoms with van der Waals surface area (Å²) < 4.78 is 2.59. The normalized spacial score (nSPS) is 10.9. The van der Waals surface area contributed by atoms with Crippen molar-refractivity contribution in [3.63, 3.8) is 0 Å². The summed E-state index contributed by atoms with van der Waals surface area (Å²) in [7, 11) is 0. The first kappa shape index (κ1) is 8.78. The van der Waals surface area contributed by atoms with Gasteiger partial charge in [-0.05, 0) is 47.7 Å². The average molecular weight is 309 g/mol. The summed E-state index contributed by atoms with van der Waals surface area (Å²) in [5, 5.41) is 2.04. The lowest BCUT2D eigenvalue weighted by Crippen LogP contribution is -1.70. The summed E-state index contributed by atoms with van der Waals surface area (Å²) in [6.07, 6.45) is 0. The first-order chi connectivity index (χ1) is 5.68. The molecule has 62 valence electrons. The van der Waals surface area contributed by atoms with Crippen molar-refractivity contribution in [2.75, 3.05) is 0 Å². The topological polar surface area (TPSA) is 0 Å². The summed E-state index contributed by atoms with van der Waals surface area (Å²) in [5.41, 5.74) is 0. The van der Waals surface area contributed by atoms with Gasteiger partial charge in [0, 0.05) is 23.6 Å². The fourth-order valence-corrected chi connectivity index (χ4v) is 3.19. The third kappa shape index (κ3) is 1.36. The Morgan fingerprint density at radius 3 is 2.83 bits per heavy atom. The predicted molar refractivity (Wildman–Crippen MR) is 64.3 cm³/mol. The third-order valence-corrected chi connectivity index (χ3v) is 4.38. The second-order valence-electron chi connectivity index (χ2n) is 2.63. The van der Waals surface area contributed by atoms with Crippen LogP contribution in [-0.2, 0) is 0 Å². The highest BCUT2D eigenvalue weighted by atomic mass is 127. The van der Waals surface area contributed by atoms with E-state index in [1.807, 2.05) is 6.07 Å². The molecule has 1 aromatic carbocycles. The van der Waals surface area contributed by atoms with Crippen molar-refractivity contribution < 1.29 is 0 Å². The van der Waals surface area contributed by atoms with E-state index in [2.05, 4.69) is 41.6 Å². The van der Waals surface area contributed by atoms with Crippen LogP contribution in [0.3, 0.4) is 0 Å². The number of hydrogen-bond acceptors (Lipinski definition) is 1. The molecule has 2 rings (SSSR count). The fourth-order valence-electron chi connectivity index (χ4n) is 1.18. The van der Waals surface area contributed by atoms with Gasteiger partial charge in [-0.15, -0.1) is 11.3 Å². The molecule has 3 heteroatoms. The first-order valence-electron chi connectivity index (χ1n) is 3.52. The van der Waals surface area contributed by atoms with Crippen molar-refractivity contribution in [1.82, 2.24) is 0 Å². The minimum absolute atomic E-state index is 0.856. The molecule has 0 nitrogen and oxygen atoms in total. The van der Waals surface area contributed by atoms with Crippen LogP contribution in [0.25, 0.3) is 10.1 Å². The molecule has 12 heavy (non-hydrogen) atoms. The molecule has 0 N–H and O–H groups in total. The highest BCUT2D eigenvalue weighted by molar-refractivity contribution is 14.1. The van der Waals surface area contributed by atoms with E-state index >= 15 is 0 Å². The maximum atomic E-state index is 6.05. The number of hydrogen-bond donors (Lipinski definition) is 0. The highest BCUT2D eigenvalue weighted by Gasteiger charge is 2.05. The van der Waals surface area contributed by atoms with Gasteiger partial charge in [0.15, 0.2) is 0 Å². The van der Waals surface area contributed by atoms with Crippen molar-refractivity contribution in [3.8, 4) is 0 Å². The van der Waals surface area contributed by atoms with Gasteiger partial charge in [0.05, 0.1) is 0 Å². The van der Waals surface area contributed by atoms with Gasteiger partial charge in [-0.3, -0.25) is 0 Å². The lowest BCUT2D eigenvalue weighted by molar-refractivity contribution is 1.65. The zero-order valence-electron chi connectivity index (χ0n) is 6.40. The van der Waals surface area contributed by atoms with Crippen LogP contribution >= 0.6 is 45.5 Å². The van der Waals surface area contributed by atoms with Gasteiger partial charge in [0.25, 0.3) is 0 Å². The molecule has 0 atom stereocenters. The second-order valence-corrected chi connectivity index (χ2v) is 5.45. The minimum atomic E-state index is 0.856. The summed E-state index contributed by atoms with van der Waals surface area (Å²) >= 11 is 10.2. The number of benzene rings is 1. The smallest absolute Gasteiger partial charge is 0.0494 e. The number of thiophene rings is 1. The highest BCUT2D eigenvalue weighted by Crippen LogP contribution is 2.33. The molecule has 0 aliphatic heterocycles. The minimum Gasteiger partial charge on any atom is -0.139 e. The van der Waals surface area contributed by atoms with Gasteiger partial charge in [-0.25, -0.2) is 0 Å². The van der Waals surface area contributed by atoms with E-state index in [0.717, 1.165) is 5.02 Å². The predicted octanol–water partition coefficient (Wildman–Crippen LogP) is 4.47. The van der Waals surface area contributed by atoms with E-state index in [1.165, 1.54) is 18.5 Å². The fraction of sp³-hybridized carbons (Fsp3) is 0.111. The molecule has 0 aliphatic carbocycles. The molecule has 1 heterocycles. The van der Waals surface area contributed by atoms with Crippen LogP contribution < -0.4 is 0 Å². The lowest BCUT2D eigenvalue weighted by Gasteiger charge is -1.94. The van der Waals surface area contributed by atoms with E-state index < -0.39 is 0 Å². The van der Waals surface area contributed by atoms with Gasteiger partial charge in [0.1, 0.15) is 0 Å². The molecule has 0 aliphatic rings. The number of halogens is 2. The Balaban J connectivity index is 2.93. The van der Waals surface area contributed by atoms with Crippen molar-refractivity contribution in [2.24, 2.45) is 0 Å². The quantitative estimate of drug-likeness (QED) is 0.630. The van der Waals surface area contributed by atoms with Crippen LogP contribution in [0.1, 0.15) is 4.88 Å². The zero-order chi connectivity index (χ0) is 8.72. The standard InChI is InChI=1S/C9H6ClIS/c1-5-4-6-7(10)2-3-8(11)9(6)12-5/h2-4H,1H3. The Morgan fingerprint density at radius 1 is 1.42 bits per heavy atom. The molecule has 0 fully saturated rings. The van der Waals surface area contributed by atoms with E-state index in [1.54, 1.807) is 11.3 Å².